The van der Waals surface area contributed by atoms with E-state index in [1.807, 2.05) is 18.2 Å². The van der Waals surface area contributed by atoms with Gasteiger partial charge in [0.1, 0.15) is 5.82 Å². The van der Waals surface area contributed by atoms with E-state index in [0.717, 1.165) is 11.1 Å². The molecule has 1 amide bonds. The smallest absolute Gasteiger partial charge is 0.254 e. The number of carbonyl (C=O) groups is 1. The van der Waals surface area contributed by atoms with Crippen LogP contribution >= 0.6 is 0 Å². The molecule has 0 fully saturated rings. The number of carbonyl (C=O) groups excluding carboxylic acids is 1. The maximum Gasteiger partial charge on any atom is 0.254 e. The van der Waals surface area contributed by atoms with E-state index in [0.29, 0.717) is 25.1 Å². The molecule has 110 valence electrons. The van der Waals surface area contributed by atoms with E-state index in [1.54, 1.807) is 30.1 Å². The van der Waals surface area contributed by atoms with Crippen molar-refractivity contribution in [3.05, 3.63) is 71.0 Å². The standard InChI is InChI=1S/C17H19FN2O/c1-20(12-13-5-4-7-15(18)11-13)17(21)16-8-3-2-6-14(16)9-10-19/h2-8,11H,9-10,12,19H2,1H3. The van der Waals surface area contributed by atoms with Crippen LogP contribution in [0.4, 0.5) is 4.39 Å². The molecule has 0 heterocycles. The van der Waals surface area contributed by atoms with Crippen LogP contribution in [0.1, 0.15) is 21.5 Å². The van der Waals surface area contributed by atoms with Gasteiger partial charge in [0.05, 0.1) is 0 Å². The predicted molar refractivity (Wildman–Crippen MR) is 81.4 cm³/mol. The molecule has 0 spiro atoms. The summed E-state index contributed by atoms with van der Waals surface area (Å²) in [5.41, 5.74) is 7.94. The van der Waals surface area contributed by atoms with Crippen LogP contribution in [0.2, 0.25) is 0 Å². The Kier molecular flexibility index (Phi) is 5.06. The molecule has 0 atom stereocenters. The minimum Gasteiger partial charge on any atom is -0.337 e. The lowest BCUT2D eigenvalue weighted by Crippen LogP contribution is -2.27. The van der Waals surface area contributed by atoms with Gasteiger partial charge in [0.25, 0.3) is 5.91 Å². The highest BCUT2D eigenvalue weighted by Gasteiger charge is 2.15. The van der Waals surface area contributed by atoms with E-state index in [4.69, 9.17) is 5.73 Å². The fourth-order valence-corrected chi connectivity index (χ4v) is 2.29. The third kappa shape index (κ3) is 3.89. The van der Waals surface area contributed by atoms with E-state index in [2.05, 4.69) is 0 Å². The van der Waals surface area contributed by atoms with E-state index in [1.165, 1.54) is 12.1 Å². The summed E-state index contributed by atoms with van der Waals surface area (Å²) in [5, 5.41) is 0. The fraction of sp³-hybridized carbons (Fsp3) is 0.235. The quantitative estimate of drug-likeness (QED) is 0.918. The highest BCUT2D eigenvalue weighted by molar-refractivity contribution is 5.95. The maximum absolute atomic E-state index is 13.2. The molecule has 0 unspecified atom stereocenters. The van der Waals surface area contributed by atoms with Gasteiger partial charge in [-0.3, -0.25) is 4.79 Å². The zero-order valence-electron chi connectivity index (χ0n) is 12.1. The molecule has 0 aliphatic carbocycles. The van der Waals surface area contributed by atoms with Gasteiger partial charge < -0.3 is 10.6 Å². The monoisotopic (exact) mass is 286 g/mol. The Morgan fingerprint density at radius 3 is 2.67 bits per heavy atom. The zero-order chi connectivity index (χ0) is 15.2. The molecule has 0 saturated heterocycles. The maximum atomic E-state index is 13.2. The Morgan fingerprint density at radius 2 is 1.95 bits per heavy atom. The zero-order valence-corrected chi connectivity index (χ0v) is 12.1. The van der Waals surface area contributed by atoms with Crippen LogP contribution in [0.3, 0.4) is 0 Å². The molecule has 0 aliphatic heterocycles. The third-order valence-electron chi connectivity index (χ3n) is 3.32. The summed E-state index contributed by atoms with van der Waals surface area (Å²) in [4.78, 5) is 14.1. The average molecular weight is 286 g/mol. The molecule has 3 nitrogen and oxygen atoms in total. The Labute approximate surface area is 124 Å². The van der Waals surface area contributed by atoms with Crippen LogP contribution in [0.15, 0.2) is 48.5 Å². The van der Waals surface area contributed by atoms with Crippen LogP contribution in [-0.2, 0) is 13.0 Å². The first-order chi connectivity index (χ1) is 10.1. The molecule has 2 N–H and O–H groups in total. The summed E-state index contributed by atoms with van der Waals surface area (Å²) in [6.07, 6.45) is 0.662. The Bertz CT molecular complexity index is 628. The van der Waals surface area contributed by atoms with Crippen LogP contribution in [-0.4, -0.2) is 24.4 Å². The lowest BCUT2D eigenvalue weighted by molar-refractivity contribution is 0.0784. The lowest BCUT2D eigenvalue weighted by atomic mass is 10.0. The summed E-state index contributed by atoms with van der Waals surface area (Å²) in [6, 6.07) is 13.7. The van der Waals surface area contributed by atoms with Crippen molar-refractivity contribution >= 4 is 5.91 Å². The van der Waals surface area contributed by atoms with Crippen molar-refractivity contribution in [3.63, 3.8) is 0 Å². The molecule has 2 rings (SSSR count). The van der Waals surface area contributed by atoms with E-state index >= 15 is 0 Å². The average Bonchev–Trinajstić information content (AvgIpc) is 2.47. The second-order valence-corrected chi connectivity index (χ2v) is 4.99. The topological polar surface area (TPSA) is 46.3 Å². The minimum absolute atomic E-state index is 0.0803. The van der Waals surface area contributed by atoms with Crippen LogP contribution in [0, 0.1) is 5.82 Å². The molecule has 0 saturated carbocycles. The van der Waals surface area contributed by atoms with Crippen molar-refractivity contribution in [2.24, 2.45) is 5.73 Å². The third-order valence-corrected chi connectivity index (χ3v) is 3.32. The molecule has 0 bridgehead atoms. The van der Waals surface area contributed by atoms with Crippen molar-refractivity contribution in [2.75, 3.05) is 13.6 Å². The number of halogens is 1. The van der Waals surface area contributed by atoms with Gasteiger partial charge in [-0.2, -0.15) is 0 Å². The van der Waals surface area contributed by atoms with E-state index in [-0.39, 0.29) is 11.7 Å². The second kappa shape index (κ2) is 6.99. The molecule has 4 heteroatoms. The number of hydrogen-bond donors (Lipinski definition) is 1. The van der Waals surface area contributed by atoms with Crippen LogP contribution < -0.4 is 5.73 Å². The summed E-state index contributed by atoms with van der Waals surface area (Å²) >= 11 is 0. The molecule has 21 heavy (non-hydrogen) atoms. The number of hydrogen-bond acceptors (Lipinski definition) is 2. The highest BCUT2D eigenvalue weighted by atomic mass is 19.1. The van der Waals surface area contributed by atoms with Gasteiger partial charge in [-0.05, 0) is 42.3 Å². The molecule has 2 aromatic rings. The molecule has 0 aliphatic rings. The summed E-state index contributed by atoms with van der Waals surface area (Å²) in [5.74, 6) is -0.375. The summed E-state index contributed by atoms with van der Waals surface area (Å²) in [6.45, 7) is 0.867. The van der Waals surface area contributed by atoms with Gasteiger partial charge in [0, 0.05) is 19.2 Å². The van der Waals surface area contributed by atoms with Gasteiger partial charge >= 0.3 is 0 Å². The van der Waals surface area contributed by atoms with Gasteiger partial charge in [-0.25, -0.2) is 4.39 Å². The summed E-state index contributed by atoms with van der Waals surface area (Å²) < 4.78 is 13.2. The second-order valence-electron chi connectivity index (χ2n) is 4.99. The first-order valence-corrected chi connectivity index (χ1v) is 6.89. The van der Waals surface area contributed by atoms with Crippen molar-refractivity contribution in [1.82, 2.24) is 4.90 Å². The molecule has 2 aromatic carbocycles. The normalized spacial score (nSPS) is 10.4. The molecular formula is C17H19FN2O. The lowest BCUT2D eigenvalue weighted by Gasteiger charge is -2.19. The first-order valence-electron chi connectivity index (χ1n) is 6.89. The highest BCUT2D eigenvalue weighted by Crippen LogP contribution is 2.14. The SMILES string of the molecule is CN(Cc1cccc(F)c1)C(=O)c1ccccc1CCN. The van der Waals surface area contributed by atoms with Gasteiger partial charge in [-0.1, -0.05) is 30.3 Å². The number of nitrogens with zero attached hydrogens (tertiary/aromatic N) is 1. The number of rotatable bonds is 5. The largest absolute Gasteiger partial charge is 0.337 e. The Balaban J connectivity index is 2.16. The van der Waals surface area contributed by atoms with Crippen molar-refractivity contribution in [2.45, 2.75) is 13.0 Å². The van der Waals surface area contributed by atoms with Crippen LogP contribution in [0.25, 0.3) is 0 Å². The molecular weight excluding hydrogens is 267 g/mol. The predicted octanol–water partition coefficient (Wildman–Crippen LogP) is 2.60. The fourth-order valence-electron chi connectivity index (χ4n) is 2.29. The van der Waals surface area contributed by atoms with Crippen molar-refractivity contribution in [1.29, 1.82) is 0 Å². The van der Waals surface area contributed by atoms with Crippen molar-refractivity contribution in [3.8, 4) is 0 Å². The van der Waals surface area contributed by atoms with Crippen molar-refractivity contribution < 1.29 is 9.18 Å². The van der Waals surface area contributed by atoms with Gasteiger partial charge in [0.2, 0.25) is 0 Å². The Morgan fingerprint density at radius 1 is 1.19 bits per heavy atom. The van der Waals surface area contributed by atoms with Crippen LogP contribution in [0.5, 0.6) is 0 Å². The number of nitrogens with two attached hydrogens (primary N) is 1. The summed E-state index contributed by atoms with van der Waals surface area (Å²) in [7, 11) is 1.71. The van der Waals surface area contributed by atoms with E-state index in [9.17, 15) is 9.18 Å². The van der Waals surface area contributed by atoms with Gasteiger partial charge in [0.15, 0.2) is 0 Å². The van der Waals surface area contributed by atoms with Gasteiger partial charge in [-0.15, -0.1) is 0 Å². The number of amides is 1. The first kappa shape index (κ1) is 15.2. The molecule has 0 radical (unpaired) electrons. The van der Waals surface area contributed by atoms with E-state index < -0.39 is 0 Å². The molecule has 0 aromatic heterocycles. The Hall–Kier alpha value is -2.20. The number of benzene rings is 2. The minimum atomic E-state index is -0.295.